The summed E-state index contributed by atoms with van der Waals surface area (Å²) in [6.07, 6.45) is 3.98. The van der Waals surface area contributed by atoms with Gasteiger partial charge in [-0.05, 0) is 39.2 Å². The fourth-order valence-electron chi connectivity index (χ4n) is 4.22. The maximum Gasteiger partial charge on any atom is 0.147 e. The van der Waals surface area contributed by atoms with Crippen molar-refractivity contribution in [3.05, 3.63) is 34.5 Å². The number of unbranched alkanes of at least 4 members (excludes halogenated alkanes) is 1. The molecule has 0 radical (unpaired) electrons. The fraction of sp³-hybridized carbons (Fsp3) is 0.652. The first kappa shape index (κ1) is 20.8. The highest BCUT2D eigenvalue weighted by Gasteiger charge is 2.33. The van der Waals surface area contributed by atoms with Gasteiger partial charge in [-0.3, -0.25) is 4.90 Å². The fourth-order valence-corrected chi connectivity index (χ4v) is 4.22. The van der Waals surface area contributed by atoms with Gasteiger partial charge in [0.25, 0.3) is 0 Å². The molecule has 0 N–H and O–H groups in total. The van der Waals surface area contributed by atoms with Crippen LogP contribution in [0, 0.1) is 11.3 Å². The van der Waals surface area contributed by atoms with Gasteiger partial charge in [0.15, 0.2) is 0 Å². The monoisotopic (exact) mass is 382 g/mol. The molecule has 0 unspecified atom stereocenters. The van der Waals surface area contributed by atoms with Crippen LogP contribution < -0.4 is 4.90 Å². The lowest BCUT2D eigenvalue weighted by Crippen LogP contribution is -2.47. The van der Waals surface area contributed by atoms with Crippen molar-refractivity contribution in [2.45, 2.75) is 65.6 Å². The minimum atomic E-state index is -0.237. The van der Waals surface area contributed by atoms with Gasteiger partial charge in [0.05, 0.1) is 17.8 Å². The average Bonchev–Trinajstić information content (AvgIpc) is 2.65. The molecule has 0 amide bonds. The van der Waals surface area contributed by atoms with Crippen LogP contribution in [0.4, 0.5) is 5.82 Å². The van der Waals surface area contributed by atoms with Crippen molar-refractivity contribution < 1.29 is 4.74 Å². The number of anilines is 1. The van der Waals surface area contributed by atoms with Gasteiger partial charge in [-0.25, -0.2) is 4.98 Å². The zero-order chi connectivity index (χ0) is 20.3. The second kappa shape index (κ2) is 8.63. The SMILES string of the molecule is C=C(C)CN1CCN(c2nc(CCCC)c3c(c2C#N)CC(C)(C)OC3)CC1. The lowest BCUT2D eigenvalue weighted by atomic mass is 9.87. The summed E-state index contributed by atoms with van der Waals surface area (Å²) in [4.78, 5) is 9.78. The Balaban J connectivity index is 1.94. The molecule has 2 aliphatic heterocycles. The summed E-state index contributed by atoms with van der Waals surface area (Å²) in [6, 6.07) is 2.50. The third kappa shape index (κ3) is 4.56. The number of piperazine rings is 1. The Morgan fingerprint density at radius 1 is 1.25 bits per heavy atom. The Hall–Kier alpha value is -1.90. The standard InChI is InChI=1S/C23H34N4O/c1-6-7-8-21-20-16-28-23(4,5)13-18(20)19(14-24)22(25-21)27-11-9-26(10-12-27)15-17(2)3/h2,6-13,15-16H2,1,3-5H3. The molecule has 1 fully saturated rings. The van der Waals surface area contributed by atoms with Gasteiger partial charge in [0.1, 0.15) is 11.9 Å². The largest absolute Gasteiger partial charge is 0.370 e. The van der Waals surface area contributed by atoms with E-state index >= 15 is 0 Å². The second-order valence-electron chi connectivity index (χ2n) is 8.88. The predicted molar refractivity (Wildman–Crippen MR) is 114 cm³/mol. The number of hydrogen-bond acceptors (Lipinski definition) is 5. The van der Waals surface area contributed by atoms with Crippen LogP contribution in [-0.2, 0) is 24.2 Å². The van der Waals surface area contributed by atoms with E-state index in [1.165, 1.54) is 11.1 Å². The number of fused-ring (bicyclic) bond motifs is 1. The van der Waals surface area contributed by atoms with Crippen LogP contribution >= 0.6 is 0 Å². The van der Waals surface area contributed by atoms with Gasteiger partial charge in [-0.15, -0.1) is 0 Å². The van der Waals surface area contributed by atoms with E-state index in [0.717, 1.165) is 81.0 Å². The third-order valence-electron chi connectivity index (χ3n) is 5.73. The molecule has 28 heavy (non-hydrogen) atoms. The summed E-state index contributed by atoms with van der Waals surface area (Å²) >= 11 is 0. The Kier molecular flexibility index (Phi) is 6.42. The molecule has 2 aliphatic rings. The maximum atomic E-state index is 10.0. The van der Waals surface area contributed by atoms with Crippen LogP contribution in [0.25, 0.3) is 0 Å². The molecule has 0 aliphatic carbocycles. The molecule has 1 saturated heterocycles. The Labute approximate surface area is 170 Å². The van der Waals surface area contributed by atoms with Gasteiger partial charge >= 0.3 is 0 Å². The minimum Gasteiger partial charge on any atom is -0.370 e. The molecule has 3 rings (SSSR count). The second-order valence-corrected chi connectivity index (χ2v) is 8.88. The van der Waals surface area contributed by atoms with Gasteiger partial charge in [-0.2, -0.15) is 5.26 Å². The first-order valence-electron chi connectivity index (χ1n) is 10.5. The van der Waals surface area contributed by atoms with E-state index in [1.54, 1.807) is 0 Å². The zero-order valence-corrected chi connectivity index (χ0v) is 18.0. The molecule has 3 heterocycles. The van der Waals surface area contributed by atoms with Crippen molar-refractivity contribution in [2.75, 3.05) is 37.6 Å². The highest BCUT2D eigenvalue weighted by Crippen LogP contribution is 2.36. The van der Waals surface area contributed by atoms with E-state index in [1.807, 2.05) is 0 Å². The van der Waals surface area contributed by atoms with Crippen LogP contribution in [0.3, 0.4) is 0 Å². The smallest absolute Gasteiger partial charge is 0.147 e. The molecule has 152 valence electrons. The summed E-state index contributed by atoms with van der Waals surface area (Å²) in [5, 5.41) is 10.0. The number of nitrogens with zero attached hydrogens (tertiary/aromatic N) is 4. The quantitative estimate of drug-likeness (QED) is 0.700. The molecule has 0 saturated carbocycles. The third-order valence-corrected chi connectivity index (χ3v) is 5.73. The van der Waals surface area contributed by atoms with E-state index < -0.39 is 0 Å². The van der Waals surface area contributed by atoms with Gasteiger partial charge < -0.3 is 9.64 Å². The highest BCUT2D eigenvalue weighted by atomic mass is 16.5. The summed E-state index contributed by atoms with van der Waals surface area (Å²) < 4.78 is 6.07. The van der Waals surface area contributed by atoms with Gasteiger partial charge in [-0.1, -0.05) is 25.5 Å². The van der Waals surface area contributed by atoms with Gasteiger partial charge in [0, 0.05) is 50.4 Å². The van der Waals surface area contributed by atoms with Crippen molar-refractivity contribution >= 4 is 5.82 Å². The summed E-state index contributed by atoms with van der Waals surface area (Å²) in [5.41, 5.74) is 5.18. The number of rotatable bonds is 6. The first-order chi connectivity index (χ1) is 13.3. The molecule has 5 nitrogen and oxygen atoms in total. The van der Waals surface area contributed by atoms with E-state index in [-0.39, 0.29) is 5.60 Å². The van der Waals surface area contributed by atoms with Gasteiger partial charge in [0.2, 0.25) is 0 Å². The summed E-state index contributed by atoms with van der Waals surface area (Å²) in [7, 11) is 0. The van der Waals surface area contributed by atoms with Crippen LogP contribution in [0.1, 0.15) is 62.9 Å². The number of aromatic nitrogens is 1. The lowest BCUT2D eigenvalue weighted by molar-refractivity contribution is -0.0407. The van der Waals surface area contributed by atoms with E-state index in [4.69, 9.17) is 9.72 Å². The van der Waals surface area contributed by atoms with E-state index in [0.29, 0.717) is 6.61 Å². The first-order valence-corrected chi connectivity index (χ1v) is 10.5. The number of hydrogen-bond donors (Lipinski definition) is 0. The molecule has 0 bridgehead atoms. The molecule has 1 aromatic heterocycles. The van der Waals surface area contributed by atoms with Crippen molar-refractivity contribution in [1.29, 1.82) is 5.26 Å². The Morgan fingerprint density at radius 3 is 2.57 bits per heavy atom. The van der Waals surface area contributed by atoms with Crippen molar-refractivity contribution in [2.24, 2.45) is 0 Å². The molecule has 1 aromatic rings. The number of aryl methyl sites for hydroxylation is 1. The Bertz CT molecular complexity index is 770. The predicted octanol–water partition coefficient (Wildman–Crippen LogP) is 3.85. The average molecular weight is 383 g/mol. The number of pyridine rings is 1. The molecule has 0 atom stereocenters. The molecular weight excluding hydrogens is 348 g/mol. The zero-order valence-electron chi connectivity index (χ0n) is 18.0. The maximum absolute atomic E-state index is 10.0. The molecule has 5 heteroatoms. The lowest BCUT2D eigenvalue weighted by Gasteiger charge is -2.38. The van der Waals surface area contributed by atoms with Crippen molar-refractivity contribution in [3.8, 4) is 6.07 Å². The van der Waals surface area contributed by atoms with E-state index in [9.17, 15) is 5.26 Å². The van der Waals surface area contributed by atoms with Crippen molar-refractivity contribution in [1.82, 2.24) is 9.88 Å². The molecule has 0 spiro atoms. The topological polar surface area (TPSA) is 52.4 Å². The van der Waals surface area contributed by atoms with Crippen LogP contribution in [0.5, 0.6) is 0 Å². The van der Waals surface area contributed by atoms with E-state index in [2.05, 4.69) is 50.1 Å². The number of ether oxygens (including phenoxy) is 1. The molecule has 0 aromatic carbocycles. The molecular formula is C23H34N4O. The van der Waals surface area contributed by atoms with Crippen LogP contribution in [-0.4, -0.2) is 48.2 Å². The van der Waals surface area contributed by atoms with Crippen molar-refractivity contribution in [3.63, 3.8) is 0 Å². The van der Waals surface area contributed by atoms with Crippen LogP contribution in [0.2, 0.25) is 0 Å². The number of nitriles is 1. The van der Waals surface area contributed by atoms with Crippen LogP contribution in [0.15, 0.2) is 12.2 Å². The highest BCUT2D eigenvalue weighted by molar-refractivity contribution is 5.62. The minimum absolute atomic E-state index is 0.237. The summed E-state index contributed by atoms with van der Waals surface area (Å²) in [6.45, 7) is 17.8. The summed E-state index contributed by atoms with van der Waals surface area (Å²) in [5.74, 6) is 0.889. The normalized spacial score (nSPS) is 19.2. The Morgan fingerprint density at radius 2 is 1.96 bits per heavy atom.